The van der Waals surface area contributed by atoms with Crippen LogP contribution in [0.5, 0.6) is 0 Å². The highest BCUT2D eigenvalue weighted by atomic mass is 16.6. The number of ether oxygens (including phenoxy) is 3. The van der Waals surface area contributed by atoms with Crippen molar-refractivity contribution in [2.45, 2.75) is 92.8 Å². The third-order valence-electron chi connectivity index (χ3n) is 5.75. The second-order valence-corrected chi connectivity index (χ2v) is 8.99. The van der Waals surface area contributed by atoms with Crippen molar-refractivity contribution in [3.63, 3.8) is 0 Å². The van der Waals surface area contributed by atoms with Gasteiger partial charge in [0.2, 0.25) is 0 Å². The lowest BCUT2D eigenvalue weighted by Crippen LogP contribution is -2.44. The highest BCUT2D eigenvalue weighted by Gasteiger charge is 2.39. The number of esters is 3. The number of hydrogen-bond acceptors (Lipinski definition) is 6. The topological polar surface area (TPSA) is 78.9 Å². The molecule has 6 heteroatoms. The molecule has 0 aromatic carbocycles. The van der Waals surface area contributed by atoms with Crippen molar-refractivity contribution in [3.05, 3.63) is 34.9 Å². The summed E-state index contributed by atoms with van der Waals surface area (Å²) in [6.07, 6.45) is 8.92. The first-order chi connectivity index (χ1) is 15.0. The zero-order chi connectivity index (χ0) is 24.3. The Morgan fingerprint density at radius 2 is 1.69 bits per heavy atom. The maximum absolute atomic E-state index is 12.1. The van der Waals surface area contributed by atoms with Gasteiger partial charge in [0.25, 0.3) is 0 Å². The monoisotopic (exact) mass is 448 g/mol. The Balaban J connectivity index is 3.44. The van der Waals surface area contributed by atoms with E-state index < -0.39 is 30.1 Å². The highest BCUT2D eigenvalue weighted by Crippen LogP contribution is 2.34. The number of carbonyl (C=O) groups is 3. The molecular formula is C26H40O6. The molecule has 180 valence electrons. The van der Waals surface area contributed by atoms with E-state index in [4.69, 9.17) is 14.2 Å². The number of hydrogen-bond donors (Lipinski definition) is 0. The van der Waals surface area contributed by atoms with E-state index in [1.807, 2.05) is 6.08 Å². The fourth-order valence-electron chi connectivity index (χ4n) is 4.07. The smallest absolute Gasteiger partial charge is 0.303 e. The molecule has 32 heavy (non-hydrogen) atoms. The van der Waals surface area contributed by atoms with Gasteiger partial charge in [-0.05, 0) is 58.8 Å². The van der Waals surface area contributed by atoms with Crippen molar-refractivity contribution in [3.8, 4) is 0 Å². The van der Waals surface area contributed by atoms with Gasteiger partial charge in [-0.1, -0.05) is 36.3 Å². The number of allylic oxidation sites excluding steroid dienone is 5. The predicted octanol–water partition coefficient (Wildman–Crippen LogP) is 5.47. The molecule has 0 aromatic rings. The summed E-state index contributed by atoms with van der Waals surface area (Å²) < 4.78 is 16.8. The second kappa shape index (κ2) is 13.9. The van der Waals surface area contributed by atoms with Crippen molar-refractivity contribution < 1.29 is 28.6 Å². The van der Waals surface area contributed by atoms with Crippen LogP contribution < -0.4 is 0 Å². The lowest BCUT2D eigenvalue weighted by atomic mass is 9.77. The first-order valence-electron chi connectivity index (χ1n) is 11.5. The van der Waals surface area contributed by atoms with Gasteiger partial charge in [-0.2, -0.15) is 0 Å². The lowest BCUT2D eigenvalue weighted by Gasteiger charge is -2.37. The van der Waals surface area contributed by atoms with Gasteiger partial charge in [-0.3, -0.25) is 14.4 Å². The summed E-state index contributed by atoms with van der Waals surface area (Å²) in [5, 5.41) is 0. The van der Waals surface area contributed by atoms with Crippen molar-refractivity contribution in [2.24, 2.45) is 11.8 Å². The molecule has 1 aliphatic rings. The van der Waals surface area contributed by atoms with Crippen LogP contribution in [0.3, 0.4) is 0 Å². The zero-order valence-corrected chi connectivity index (χ0v) is 20.7. The first-order valence-corrected chi connectivity index (χ1v) is 11.5. The Labute approximate surface area is 193 Å². The molecule has 0 spiro atoms. The van der Waals surface area contributed by atoms with E-state index >= 15 is 0 Å². The Morgan fingerprint density at radius 1 is 1.03 bits per heavy atom. The van der Waals surface area contributed by atoms with Gasteiger partial charge < -0.3 is 14.2 Å². The Bertz CT molecular complexity index is 741. The minimum absolute atomic E-state index is 0.0171. The molecule has 0 heterocycles. The van der Waals surface area contributed by atoms with Crippen LogP contribution in [0.25, 0.3) is 0 Å². The molecule has 1 aliphatic carbocycles. The Morgan fingerprint density at radius 3 is 2.25 bits per heavy atom. The number of rotatable bonds is 8. The molecule has 0 fully saturated rings. The van der Waals surface area contributed by atoms with E-state index in [1.54, 1.807) is 0 Å². The van der Waals surface area contributed by atoms with E-state index in [-0.39, 0.29) is 18.4 Å². The van der Waals surface area contributed by atoms with Gasteiger partial charge in [0, 0.05) is 32.3 Å². The highest BCUT2D eigenvalue weighted by molar-refractivity contribution is 5.68. The first kappa shape index (κ1) is 27.7. The minimum atomic E-state index is -0.807. The largest absolute Gasteiger partial charge is 0.461 e. The fourth-order valence-corrected chi connectivity index (χ4v) is 4.07. The molecular weight excluding hydrogens is 408 g/mol. The van der Waals surface area contributed by atoms with E-state index in [2.05, 4.69) is 39.8 Å². The van der Waals surface area contributed by atoms with Crippen molar-refractivity contribution in [1.82, 2.24) is 0 Å². The standard InChI is InChI=1S/C26H40O6/c1-17(2)10-8-12-19(4)24-15-14-18(3)11-9-13-23(16-30-20(5)27)25(31-21(6)28)26(24)32-22(7)29/h10-11,13,19,24-26H,8-9,12,14-16H2,1-7H3/b18-11+,23-13-/t19?,24-,25-,26+/m0/s1. The van der Waals surface area contributed by atoms with Crippen LogP contribution in [0.15, 0.2) is 34.9 Å². The van der Waals surface area contributed by atoms with Gasteiger partial charge in [-0.15, -0.1) is 0 Å². The molecule has 0 saturated carbocycles. The fraction of sp³-hybridized carbons (Fsp3) is 0.654. The van der Waals surface area contributed by atoms with Crippen LogP contribution in [0.4, 0.5) is 0 Å². The normalized spacial score (nSPS) is 25.8. The van der Waals surface area contributed by atoms with E-state index in [0.29, 0.717) is 12.0 Å². The minimum Gasteiger partial charge on any atom is -0.461 e. The Kier molecular flexibility index (Phi) is 12.0. The maximum atomic E-state index is 12.1. The summed E-state index contributed by atoms with van der Waals surface area (Å²) in [4.78, 5) is 35.6. The quantitative estimate of drug-likeness (QED) is 0.278. The number of carbonyl (C=O) groups excluding carboxylic acids is 3. The molecule has 0 saturated heterocycles. The molecule has 0 aromatic heterocycles. The van der Waals surface area contributed by atoms with E-state index in [1.165, 1.54) is 31.9 Å². The summed E-state index contributed by atoms with van der Waals surface area (Å²) in [6.45, 7) is 12.4. The second-order valence-electron chi connectivity index (χ2n) is 8.99. The van der Waals surface area contributed by atoms with Crippen LogP contribution in [-0.4, -0.2) is 36.7 Å². The van der Waals surface area contributed by atoms with Crippen LogP contribution in [0.2, 0.25) is 0 Å². The summed E-state index contributed by atoms with van der Waals surface area (Å²) in [5.41, 5.74) is 3.15. The maximum Gasteiger partial charge on any atom is 0.303 e. The average molecular weight is 449 g/mol. The molecule has 0 radical (unpaired) electrons. The third kappa shape index (κ3) is 10.3. The van der Waals surface area contributed by atoms with Crippen LogP contribution in [-0.2, 0) is 28.6 Å². The SMILES string of the molecule is CC(=O)OC/C1=C/C/C=C(\C)CC[C@@H](C(C)CCC=C(C)C)[C@@H](OC(C)=O)[C@H]1OC(C)=O. The van der Waals surface area contributed by atoms with Gasteiger partial charge in [0.05, 0.1) is 0 Å². The summed E-state index contributed by atoms with van der Waals surface area (Å²) >= 11 is 0. The summed E-state index contributed by atoms with van der Waals surface area (Å²) in [6, 6.07) is 0. The van der Waals surface area contributed by atoms with Gasteiger partial charge in [-0.25, -0.2) is 0 Å². The lowest BCUT2D eigenvalue weighted by molar-refractivity contribution is -0.169. The summed E-state index contributed by atoms with van der Waals surface area (Å²) in [7, 11) is 0. The molecule has 0 bridgehead atoms. The zero-order valence-electron chi connectivity index (χ0n) is 20.7. The molecule has 1 rings (SSSR count). The predicted molar refractivity (Wildman–Crippen MR) is 125 cm³/mol. The van der Waals surface area contributed by atoms with Gasteiger partial charge in [0.15, 0.2) is 6.10 Å². The van der Waals surface area contributed by atoms with Gasteiger partial charge >= 0.3 is 17.9 Å². The molecule has 0 aliphatic heterocycles. The molecule has 1 unspecified atom stereocenters. The van der Waals surface area contributed by atoms with E-state index in [9.17, 15) is 14.4 Å². The van der Waals surface area contributed by atoms with Crippen molar-refractivity contribution >= 4 is 17.9 Å². The van der Waals surface area contributed by atoms with Crippen molar-refractivity contribution in [1.29, 1.82) is 0 Å². The molecule has 4 atom stereocenters. The van der Waals surface area contributed by atoms with Crippen LogP contribution in [0.1, 0.15) is 80.6 Å². The van der Waals surface area contributed by atoms with Crippen molar-refractivity contribution in [2.75, 3.05) is 6.61 Å². The van der Waals surface area contributed by atoms with Crippen LogP contribution in [0, 0.1) is 11.8 Å². The van der Waals surface area contributed by atoms with Crippen LogP contribution >= 0.6 is 0 Å². The molecule has 0 N–H and O–H groups in total. The van der Waals surface area contributed by atoms with E-state index in [0.717, 1.165) is 25.7 Å². The molecule has 0 amide bonds. The summed E-state index contributed by atoms with van der Waals surface area (Å²) in [5.74, 6) is -1.14. The molecule has 6 nitrogen and oxygen atoms in total. The third-order valence-corrected chi connectivity index (χ3v) is 5.75. The van der Waals surface area contributed by atoms with Gasteiger partial charge in [0.1, 0.15) is 12.7 Å². The Hall–Kier alpha value is -2.37. The average Bonchev–Trinajstić information content (AvgIpc) is 2.67.